The Morgan fingerprint density at radius 1 is 1.03 bits per heavy atom. The highest BCUT2D eigenvalue weighted by Gasteiger charge is 2.23. The van der Waals surface area contributed by atoms with Gasteiger partial charge in [-0.15, -0.1) is 0 Å². The molecule has 0 spiro atoms. The molecule has 0 aliphatic heterocycles. The molecule has 0 atom stereocenters. The average Bonchev–Trinajstić information content (AvgIpc) is 3.44. The number of halogens is 2. The van der Waals surface area contributed by atoms with E-state index in [1.807, 2.05) is 18.2 Å². The Balaban J connectivity index is 1.68. The van der Waals surface area contributed by atoms with Gasteiger partial charge in [-0.2, -0.15) is 5.10 Å². The van der Waals surface area contributed by atoms with Crippen molar-refractivity contribution >= 4 is 23.2 Å². The van der Waals surface area contributed by atoms with E-state index < -0.39 is 0 Å². The number of hydrogen-bond donors (Lipinski definition) is 1. The lowest BCUT2D eigenvalue weighted by atomic mass is 10.0. The fourth-order valence-corrected chi connectivity index (χ4v) is 4.42. The van der Waals surface area contributed by atoms with Crippen LogP contribution in [0.2, 0.25) is 5.02 Å². The van der Waals surface area contributed by atoms with E-state index in [9.17, 15) is 9.18 Å². The normalized spacial score (nSPS) is 14.3. The number of aromatic nitrogens is 3. The predicted molar refractivity (Wildman–Crippen MR) is 119 cm³/mol. The summed E-state index contributed by atoms with van der Waals surface area (Å²) in [4.78, 5) is 17.5. The molecule has 7 heteroatoms. The molecule has 0 radical (unpaired) electrons. The third-order valence-corrected chi connectivity index (χ3v) is 6.07. The maximum atomic E-state index is 13.6. The second-order valence-electron chi connectivity index (χ2n) is 7.76. The highest BCUT2D eigenvalue weighted by molar-refractivity contribution is 6.33. The van der Waals surface area contributed by atoms with Crippen molar-refractivity contribution in [2.75, 3.05) is 0 Å². The van der Waals surface area contributed by atoms with Crippen LogP contribution in [0.1, 0.15) is 36.0 Å². The number of carbonyl (C=O) groups excluding carboxylic acids is 1. The number of carbonyl (C=O) groups is 1. The van der Waals surface area contributed by atoms with Crippen LogP contribution in [0.25, 0.3) is 28.0 Å². The van der Waals surface area contributed by atoms with Gasteiger partial charge in [0.15, 0.2) is 5.65 Å². The van der Waals surface area contributed by atoms with Crippen LogP contribution in [-0.4, -0.2) is 26.5 Å². The molecule has 2 aromatic heterocycles. The number of benzene rings is 2. The maximum absolute atomic E-state index is 13.6. The zero-order chi connectivity index (χ0) is 21.4. The van der Waals surface area contributed by atoms with E-state index >= 15 is 0 Å². The second kappa shape index (κ2) is 8.12. The summed E-state index contributed by atoms with van der Waals surface area (Å²) in [5.41, 5.74) is 3.83. The molecule has 31 heavy (non-hydrogen) atoms. The Labute approximate surface area is 183 Å². The van der Waals surface area contributed by atoms with E-state index in [1.165, 1.54) is 18.3 Å². The monoisotopic (exact) mass is 434 g/mol. The summed E-state index contributed by atoms with van der Waals surface area (Å²) in [5, 5.41) is 8.15. The summed E-state index contributed by atoms with van der Waals surface area (Å²) in [7, 11) is 0. The SMILES string of the molecule is O=C(NC1CCCC1)c1cnn2c(-c3ccc(F)cc3)c(-c3ccccc3Cl)cnc12. The van der Waals surface area contributed by atoms with Crippen LogP contribution in [0.5, 0.6) is 0 Å². The molecule has 5 nitrogen and oxygen atoms in total. The first kappa shape index (κ1) is 19.7. The molecule has 1 N–H and O–H groups in total. The Bertz CT molecular complexity index is 1260. The molecule has 0 saturated heterocycles. The largest absolute Gasteiger partial charge is 0.349 e. The Kier molecular flexibility index (Phi) is 5.16. The Morgan fingerprint density at radius 3 is 2.52 bits per heavy atom. The highest BCUT2D eigenvalue weighted by Crippen LogP contribution is 2.36. The summed E-state index contributed by atoms with van der Waals surface area (Å²) >= 11 is 6.46. The highest BCUT2D eigenvalue weighted by atomic mass is 35.5. The van der Waals surface area contributed by atoms with E-state index in [1.54, 1.807) is 28.9 Å². The van der Waals surface area contributed by atoms with Crippen molar-refractivity contribution in [3.05, 3.63) is 77.3 Å². The Morgan fingerprint density at radius 2 is 1.77 bits per heavy atom. The number of rotatable bonds is 4. The van der Waals surface area contributed by atoms with Gasteiger partial charge < -0.3 is 5.32 Å². The minimum Gasteiger partial charge on any atom is -0.349 e. The van der Waals surface area contributed by atoms with Crippen LogP contribution in [0.3, 0.4) is 0 Å². The summed E-state index contributed by atoms with van der Waals surface area (Å²) in [5.74, 6) is -0.504. The molecular weight excluding hydrogens is 415 g/mol. The van der Waals surface area contributed by atoms with E-state index in [2.05, 4.69) is 15.4 Å². The van der Waals surface area contributed by atoms with E-state index in [0.29, 0.717) is 21.9 Å². The molecular formula is C24H20ClFN4O. The van der Waals surface area contributed by atoms with E-state index in [-0.39, 0.29) is 17.8 Å². The van der Waals surface area contributed by atoms with Crippen LogP contribution in [0.15, 0.2) is 60.9 Å². The van der Waals surface area contributed by atoms with Crippen LogP contribution in [0.4, 0.5) is 4.39 Å². The lowest BCUT2D eigenvalue weighted by Gasteiger charge is -2.14. The van der Waals surface area contributed by atoms with Crippen LogP contribution in [0, 0.1) is 5.82 Å². The van der Waals surface area contributed by atoms with Gasteiger partial charge in [-0.05, 0) is 43.2 Å². The fraction of sp³-hybridized carbons (Fsp3) is 0.208. The van der Waals surface area contributed by atoms with E-state index in [4.69, 9.17) is 11.6 Å². The van der Waals surface area contributed by atoms with Crippen molar-refractivity contribution < 1.29 is 9.18 Å². The number of hydrogen-bond acceptors (Lipinski definition) is 3. The van der Waals surface area contributed by atoms with Gasteiger partial charge in [-0.3, -0.25) is 4.79 Å². The van der Waals surface area contributed by atoms with Gasteiger partial charge in [0, 0.05) is 34.0 Å². The zero-order valence-corrected chi connectivity index (χ0v) is 17.4. The summed E-state index contributed by atoms with van der Waals surface area (Å²) < 4.78 is 15.2. The molecule has 1 aliphatic carbocycles. The molecule has 156 valence electrons. The number of amides is 1. The molecule has 1 amide bonds. The van der Waals surface area contributed by atoms with Crippen molar-refractivity contribution in [2.45, 2.75) is 31.7 Å². The van der Waals surface area contributed by atoms with Gasteiger partial charge in [-0.1, -0.05) is 42.6 Å². The lowest BCUT2D eigenvalue weighted by Crippen LogP contribution is -2.32. The molecule has 0 bridgehead atoms. The standard InChI is InChI=1S/C24H20ClFN4O/c25-21-8-4-3-7-18(21)19-13-27-23-20(24(31)29-17-5-1-2-6-17)14-28-30(23)22(19)15-9-11-16(26)12-10-15/h3-4,7-14,17H,1-2,5-6H2,(H,29,31). The first-order valence-electron chi connectivity index (χ1n) is 10.3. The molecule has 1 saturated carbocycles. The van der Waals surface area contributed by atoms with Gasteiger partial charge >= 0.3 is 0 Å². The van der Waals surface area contributed by atoms with Crippen molar-refractivity contribution in [1.82, 2.24) is 19.9 Å². The molecule has 1 aliphatic rings. The van der Waals surface area contributed by atoms with Gasteiger partial charge in [0.05, 0.1) is 11.9 Å². The van der Waals surface area contributed by atoms with Gasteiger partial charge in [-0.25, -0.2) is 13.9 Å². The average molecular weight is 435 g/mol. The summed E-state index contributed by atoms with van der Waals surface area (Å²) in [6.45, 7) is 0. The van der Waals surface area contributed by atoms with Crippen molar-refractivity contribution in [1.29, 1.82) is 0 Å². The third kappa shape index (κ3) is 3.68. The fourth-order valence-electron chi connectivity index (χ4n) is 4.19. The Hall–Kier alpha value is -3.25. The van der Waals surface area contributed by atoms with Crippen molar-refractivity contribution in [3.63, 3.8) is 0 Å². The maximum Gasteiger partial charge on any atom is 0.256 e. The summed E-state index contributed by atoms with van der Waals surface area (Å²) in [6, 6.07) is 13.8. The van der Waals surface area contributed by atoms with Crippen molar-refractivity contribution in [3.8, 4) is 22.4 Å². The van der Waals surface area contributed by atoms with Gasteiger partial charge in [0.25, 0.3) is 5.91 Å². The molecule has 0 unspecified atom stereocenters. The van der Waals surface area contributed by atoms with E-state index in [0.717, 1.165) is 42.4 Å². The topological polar surface area (TPSA) is 59.3 Å². The van der Waals surface area contributed by atoms with Crippen molar-refractivity contribution in [2.24, 2.45) is 0 Å². The smallest absolute Gasteiger partial charge is 0.256 e. The van der Waals surface area contributed by atoms with Crippen LogP contribution < -0.4 is 5.32 Å². The molecule has 2 aromatic carbocycles. The first-order chi connectivity index (χ1) is 15.1. The molecule has 2 heterocycles. The molecule has 4 aromatic rings. The third-order valence-electron chi connectivity index (χ3n) is 5.74. The van der Waals surface area contributed by atoms with Gasteiger partial charge in [0.1, 0.15) is 11.4 Å². The minimum absolute atomic E-state index is 0.176. The summed E-state index contributed by atoms with van der Waals surface area (Å²) in [6.07, 6.45) is 7.49. The number of fused-ring (bicyclic) bond motifs is 1. The zero-order valence-electron chi connectivity index (χ0n) is 16.7. The van der Waals surface area contributed by atoms with Crippen LogP contribution in [-0.2, 0) is 0 Å². The number of nitrogens with zero attached hydrogens (tertiary/aromatic N) is 3. The quantitative estimate of drug-likeness (QED) is 0.459. The lowest BCUT2D eigenvalue weighted by molar-refractivity contribution is 0.0939. The first-order valence-corrected chi connectivity index (χ1v) is 10.7. The molecule has 5 rings (SSSR count). The van der Waals surface area contributed by atoms with Gasteiger partial charge in [0.2, 0.25) is 0 Å². The predicted octanol–water partition coefficient (Wildman–Crippen LogP) is 5.53. The molecule has 1 fully saturated rings. The number of nitrogens with one attached hydrogen (secondary N) is 1. The minimum atomic E-state index is -0.328. The van der Waals surface area contributed by atoms with Crippen LogP contribution >= 0.6 is 11.6 Å². The second-order valence-corrected chi connectivity index (χ2v) is 8.16.